The number of aromatic nitrogens is 1. The first-order valence-electron chi connectivity index (χ1n) is 7.99. The Balaban J connectivity index is 2.26. The Bertz CT molecular complexity index is 961. The highest BCUT2D eigenvalue weighted by atomic mass is 79.9. The first-order chi connectivity index (χ1) is 12.1. The van der Waals surface area contributed by atoms with Gasteiger partial charge in [0, 0.05) is 48.5 Å². The maximum atomic E-state index is 12.8. The zero-order valence-electron chi connectivity index (χ0n) is 14.5. The van der Waals surface area contributed by atoms with Gasteiger partial charge in [-0.2, -0.15) is 0 Å². The van der Waals surface area contributed by atoms with Crippen LogP contribution in [0.2, 0.25) is 0 Å². The molecule has 5 heteroatoms. The van der Waals surface area contributed by atoms with Gasteiger partial charge in [0.25, 0.3) is 5.56 Å². The normalized spacial score (nSPS) is 11.4. The lowest BCUT2D eigenvalue weighted by Crippen LogP contribution is -2.21. The van der Waals surface area contributed by atoms with Gasteiger partial charge in [-0.3, -0.25) is 4.79 Å². The van der Waals surface area contributed by atoms with Crippen molar-refractivity contribution in [3.8, 4) is 11.3 Å². The zero-order chi connectivity index (χ0) is 18.0. The number of pyridine rings is 1. The van der Waals surface area contributed by atoms with Crippen molar-refractivity contribution in [1.29, 1.82) is 0 Å². The first-order valence-corrected chi connectivity index (χ1v) is 8.78. The van der Waals surface area contributed by atoms with Gasteiger partial charge in [0.2, 0.25) is 0 Å². The van der Waals surface area contributed by atoms with Crippen LogP contribution in [0.3, 0.4) is 0 Å². The van der Waals surface area contributed by atoms with Crippen molar-refractivity contribution in [3.05, 3.63) is 68.9 Å². The number of ether oxygens (including phenoxy) is 2. The Labute approximate surface area is 155 Å². The SMILES string of the molecule is COC(Cc1ccccc1-c1c(Br)c2ccccc2c(=O)n1C)OC. The predicted molar refractivity (Wildman–Crippen MR) is 104 cm³/mol. The molecule has 0 fully saturated rings. The Kier molecular flexibility index (Phi) is 5.37. The van der Waals surface area contributed by atoms with Crippen LogP contribution in [-0.2, 0) is 22.9 Å². The molecule has 4 nitrogen and oxygen atoms in total. The van der Waals surface area contributed by atoms with Crippen LogP contribution < -0.4 is 5.56 Å². The summed E-state index contributed by atoms with van der Waals surface area (Å²) in [5.41, 5.74) is 2.88. The van der Waals surface area contributed by atoms with Crippen LogP contribution >= 0.6 is 15.9 Å². The van der Waals surface area contributed by atoms with E-state index < -0.39 is 0 Å². The highest BCUT2D eigenvalue weighted by Crippen LogP contribution is 2.34. The summed E-state index contributed by atoms with van der Waals surface area (Å²) in [6.45, 7) is 0. The van der Waals surface area contributed by atoms with Gasteiger partial charge in [-0.25, -0.2) is 0 Å². The van der Waals surface area contributed by atoms with E-state index in [1.165, 1.54) is 0 Å². The molecule has 0 aliphatic carbocycles. The molecular formula is C20H20BrNO3. The van der Waals surface area contributed by atoms with Gasteiger partial charge >= 0.3 is 0 Å². The molecule has 3 rings (SSSR count). The minimum atomic E-state index is -0.336. The average molecular weight is 402 g/mol. The third kappa shape index (κ3) is 3.27. The molecule has 0 radical (unpaired) electrons. The molecule has 0 unspecified atom stereocenters. The quantitative estimate of drug-likeness (QED) is 0.603. The van der Waals surface area contributed by atoms with Crippen molar-refractivity contribution in [2.45, 2.75) is 12.7 Å². The monoisotopic (exact) mass is 401 g/mol. The Morgan fingerprint density at radius 3 is 2.28 bits per heavy atom. The average Bonchev–Trinajstić information content (AvgIpc) is 2.65. The number of hydrogen-bond acceptors (Lipinski definition) is 3. The van der Waals surface area contributed by atoms with Crippen molar-refractivity contribution in [3.63, 3.8) is 0 Å². The van der Waals surface area contributed by atoms with Crippen LogP contribution in [0.1, 0.15) is 5.56 Å². The molecule has 0 aliphatic rings. The van der Waals surface area contributed by atoms with Crippen LogP contribution in [0, 0.1) is 0 Å². The molecule has 130 valence electrons. The van der Waals surface area contributed by atoms with Gasteiger partial charge in [-0.1, -0.05) is 42.5 Å². The summed E-state index contributed by atoms with van der Waals surface area (Å²) < 4.78 is 13.3. The molecule has 25 heavy (non-hydrogen) atoms. The predicted octanol–water partition coefficient (Wildman–Crippen LogP) is 4.13. The summed E-state index contributed by atoms with van der Waals surface area (Å²) in [6.07, 6.45) is 0.258. The van der Waals surface area contributed by atoms with Gasteiger partial charge < -0.3 is 14.0 Å². The molecule has 0 saturated carbocycles. The zero-order valence-corrected chi connectivity index (χ0v) is 16.0. The van der Waals surface area contributed by atoms with Gasteiger partial charge in [0.1, 0.15) is 0 Å². The van der Waals surface area contributed by atoms with Crippen LogP contribution in [0.15, 0.2) is 57.8 Å². The number of hydrogen-bond donors (Lipinski definition) is 0. The van der Waals surface area contributed by atoms with E-state index in [4.69, 9.17) is 9.47 Å². The van der Waals surface area contributed by atoms with Crippen molar-refractivity contribution in [2.75, 3.05) is 14.2 Å². The second kappa shape index (κ2) is 7.52. The molecule has 0 bridgehead atoms. The Morgan fingerprint density at radius 2 is 1.60 bits per heavy atom. The summed E-state index contributed by atoms with van der Waals surface area (Å²) >= 11 is 3.72. The second-order valence-electron chi connectivity index (χ2n) is 5.83. The lowest BCUT2D eigenvalue weighted by Gasteiger charge is -2.19. The van der Waals surface area contributed by atoms with Crippen molar-refractivity contribution >= 4 is 26.7 Å². The summed E-state index contributed by atoms with van der Waals surface area (Å²) in [6, 6.07) is 15.6. The largest absolute Gasteiger partial charge is 0.356 e. The number of nitrogens with zero attached hydrogens (tertiary/aromatic N) is 1. The fourth-order valence-corrected chi connectivity index (χ4v) is 3.91. The molecule has 2 aromatic carbocycles. The topological polar surface area (TPSA) is 40.5 Å². The summed E-state index contributed by atoms with van der Waals surface area (Å²) in [7, 11) is 5.05. The smallest absolute Gasteiger partial charge is 0.258 e. The molecule has 3 aromatic rings. The van der Waals surface area contributed by atoms with Crippen molar-refractivity contribution in [2.24, 2.45) is 7.05 Å². The summed E-state index contributed by atoms with van der Waals surface area (Å²) in [5, 5.41) is 1.61. The summed E-state index contributed by atoms with van der Waals surface area (Å²) in [5.74, 6) is 0. The van der Waals surface area contributed by atoms with Crippen LogP contribution in [0.25, 0.3) is 22.0 Å². The first kappa shape index (κ1) is 17.9. The molecule has 0 spiro atoms. The Morgan fingerprint density at radius 1 is 1.00 bits per heavy atom. The van der Waals surface area contributed by atoms with Crippen molar-refractivity contribution in [1.82, 2.24) is 4.57 Å². The van der Waals surface area contributed by atoms with Gasteiger partial charge in [0.05, 0.1) is 5.69 Å². The lowest BCUT2D eigenvalue weighted by atomic mass is 9.99. The lowest BCUT2D eigenvalue weighted by molar-refractivity contribution is -0.100. The van der Waals surface area contributed by atoms with Gasteiger partial charge in [-0.05, 0) is 27.6 Å². The number of methoxy groups -OCH3 is 2. The molecule has 0 atom stereocenters. The number of benzene rings is 2. The molecule has 0 N–H and O–H groups in total. The van der Waals surface area contributed by atoms with Crippen LogP contribution in [0.4, 0.5) is 0 Å². The maximum absolute atomic E-state index is 12.8. The van der Waals surface area contributed by atoms with Crippen LogP contribution in [0.5, 0.6) is 0 Å². The number of fused-ring (bicyclic) bond motifs is 1. The minimum Gasteiger partial charge on any atom is -0.356 e. The maximum Gasteiger partial charge on any atom is 0.258 e. The number of halogens is 1. The molecular weight excluding hydrogens is 382 g/mol. The highest BCUT2D eigenvalue weighted by molar-refractivity contribution is 9.10. The molecule has 1 aromatic heterocycles. The van der Waals surface area contributed by atoms with Crippen LogP contribution in [-0.4, -0.2) is 25.1 Å². The highest BCUT2D eigenvalue weighted by Gasteiger charge is 2.18. The number of rotatable bonds is 5. The molecule has 0 saturated heterocycles. The second-order valence-corrected chi connectivity index (χ2v) is 6.63. The van der Waals surface area contributed by atoms with Gasteiger partial charge in [0.15, 0.2) is 6.29 Å². The van der Waals surface area contributed by atoms with E-state index in [1.807, 2.05) is 48.5 Å². The van der Waals surface area contributed by atoms with E-state index in [-0.39, 0.29) is 11.8 Å². The van der Waals surface area contributed by atoms with E-state index in [0.717, 1.165) is 26.7 Å². The standard InChI is InChI=1S/C20H20BrNO3/c1-22-19(18(21)15-10-6-7-11-16(15)20(22)23)14-9-5-4-8-13(14)12-17(24-2)25-3/h4-11,17H,12H2,1-3H3. The Hall–Kier alpha value is -1.95. The fraction of sp³-hybridized carbons (Fsp3) is 0.250. The van der Waals surface area contributed by atoms with E-state index in [0.29, 0.717) is 11.8 Å². The van der Waals surface area contributed by atoms with E-state index >= 15 is 0 Å². The molecule has 1 heterocycles. The third-order valence-corrected chi connectivity index (χ3v) is 5.23. The fourth-order valence-electron chi connectivity index (χ4n) is 3.09. The third-order valence-electron chi connectivity index (χ3n) is 4.43. The van der Waals surface area contributed by atoms with E-state index in [9.17, 15) is 4.79 Å². The molecule has 0 aliphatic heterocycles. The van der Waals surface area contributed by atoms with Gasteiger partial charge in [-0.15, -0.1) is 0 Å². The minimum absolute atomic E-state index is 0.0152. The van der Waals surface area contributed by atoms with E-state index in [2.05, 4.69) is 15.9 Å². The summed E-state index contributed by atoms with van der Waals surface area (Å²) in [4.78, 5) is 12.8. The van der Waals surface area contributed by atoms with Crippen molar-refractivity contribution < 1.29 is 9.47 Å². The van der Waals surface area contributed by atoms with E-state index in [1.54, 1.807) is 25.8 Å². The molecule has 0 amide bonds.